The first-order chi connectivity index (χ1) is 10.2. The zero-order chi connectivity index (χ0) is 16.3. The van der Waals surface area contributed by atoms with Crippen molar-refractivity contribution in [2.24, 2.45) is 5.92 Å². The number of aromatic nitrogens is 1. The van der Waals surface area contributed by atoms with Crippen molar-refractivity contribution in [1.29, 1.82) is 0 Å². The Balaban J connectivity index is 1.69. The minimum absolute atomic E-state index is 0.0654. The predicted octanol–water partition coefficient (Wildman–Crippen LogP) is 2.80. The maximum absolute atomic E-state index is 12.1. The molecule has 1 fully saturated rings. The molecule has 0 radical (unpaired) electrons. The van der Waals surface area contributed by atoms with Gasteiger partial charge in [-0.25, -0.2) is 9.78 Å². The quantitative estimate of drug-likeness (QED) is 0.924. The Morgan fingerprint density at radius 2 is 2.14 bits per heavy atom. The van der Waals surface area contributed by atoms with Gasteiger partial charge in [0.25, 0.3) is 0 Å². The molecule has 1 saturated carbocycles. The Hall–Kier alpha value is -1.63. The molecule has 0 atom stereocenters. The summed E-state index contributed by atoms with van der Waals surface area (Å²) >= 11 is 1.45. The molecular weight excluding hydrogens is 302 g/mol. The number of amides is 2. The van der Waals surface area contributed by atoms with Gasteiger partial charge in [0.1, 0.15) is 5.60 Å². The Kier molecular flexibility index (Phi) is 5.05. The van der Waals surface area contributed by atoms with Crippen LogP contribution >= 0.6 is 11.3 Å². The molecule has 2 amide bonds. The predicted molar refractivity (Wildman–Crippen MR) is 86.0 cm³/mol. The summed E-state index contributed by atoms with van der Waals surface area (Å²) in [6.45, 7) is 5.51. The lowest BCUT2D eigenvalue weighted by Gasteiger charge is -2.36. The van der Waals surface area contributed by atoms with Gasteiger partial charge >= 0.3 is 6.09 Å². The second kappa shape index (κ2) is 6.64. The molecule has 1 aromatic heterocycles. The average molecular weight is 325 g/mol. The molecule has 0 bridgehead atoms. The molecule has 0 unspecified atom stereocenters. The highest BCUT2D eigenvalue weighted by Gasteiger charge is 2.33. The molecule has 6 nitrogen and oxygen atoms in total. The van der Waals surface area contributed by atoms with Gasteiger partial charge in [-0.05, 0) is 39.5 Å². The van der Waals surface area contributed by atoms with Gasteiger partial charge in [0, 0.05) is 31.1 Å². The number of rotatable bonds is 4. The molecule has 0 aliphatic heterocycles. The van der Waals surface area contributed by atoms with E-state index in [2.05, 4.69) is 10.3 Å². The number of nitrogens with zero attached hydrogens (tertiary/aromatic N) is 2. The van der Waals surface area contributed by atoms with Crippen molar-refractivity contribution in [1.82, 2.24) is 10.3 Å². The van der Waals surface area contributed by atoms with E-state index in [9.17, 15) is 9.59 Å². The fourth-order valence-corrected chi connectivity index (χ4v) is 2.99. The number of hydrogen-bond donors (Lipinski definition) is 1. The molecule has 0 saturated heterocycles. The third-order valence-electron chi connectivity index (χ3n) is 3.50. The van der Waals surface area contributed by atoms with Crippen LogP contribution in [0.5, 0.6) is 0 Å². The molecule has 1 N–H and O–H groups in total. The summed E-state index contributed by atoms with van der Waals surface area (Å²) < 4.78 is 5.22. The van der Waals surface area contributed by atoms with E-state index in [1.807, 2.05) is 26.2 Å². The van der Waals surface area contributed by atoms with Crippen LogP contribution in [-0.2, 0) is 9.53 Å². The first-order valence-corrected chi connectivity index (χ1v) is 8.28. The lowest BCUT2D eigenvalue weighted by molar-refractivity contribution is -0.119. The van der Waals surface area contributed by atoms with E-state index in [-0.39, 0.29) is 18.0 Å². The topological polar surface area (TPSA) is 71.5 Å². The normalized spacial score (nSPS) is 20.9. The molecule has 1 aromatic rings. The molecule has 1 aliphatic rings. The monoisotopic (exact) mass is 325 g/mol. The standard InChI is InChI=1S/C15H23N3O3S/c1-15(2,3)21-14(20)17-11-7-10(8-11)9-12(19)18(4)13-16-5-6-22-13/h5-6,10-11H,7-9H2,1-4H3,(H,17,20). The Labute approximate surface area is 134 Å². The van der Waals surface area contributed by atoms with E-state index < -0.39 is 5.60 Å². The molecule has 0 aromatic carbocycles. The van der Waals surface area contributed by atoms with Crippen LogP contribution in [0, 0.1) is 5.92 Å². The summed E-state index contributed by atoms with van der Waals surface area (Å²) in [5.74, 6) is 0.380. The first kappa shape index (κ1) is 16.7. The van der Waals surface area contributed by atoms with Gasteiger partial charge in [-0.1, -0.05) is 0 Å². The van der Waals surface area contributed by atoms with Crippen molar-refractivity contribution in [3.63, 3.8) is 0 Å². The number of nitrogens with one attached hydrogen (secondary N) is 1. The Morgan fingerprint density at radius 3 is 2.68 bits per heavy atom. The van der Waals surface area contributed by atoms with Crippen LogP contribution in [0.15, 0.2) is 11.6 Å². The molecular formula is C15H23N3O3S. The van der Waals surface area contributed by atoms with Crippen LogP contribution in [0.2, 0.25) is 0 Å². The highest BCUT2D eigenvalue weighted by Crippen LogP contribution is 2.31. The van der Waals surface area contributed by atoms with Crippen molar-refractivity contribution in [2.45, 2.75) is 51.7 Å². The van der Waals surface area contributed by atoms with E-state index >= 15 is 0 Å². The lowest BCUT2D eigenvalue weighted by Crippen LogP contribution is -2.47. The second-order valence-corrected chi connectivity index (χ2v) is 7.53. The molecule has 22 heavy (non-hydrogen) atoms. The van der Waals surface area contributed by atoms with Gasteiger partial charge in [-0.15, -0.1) is 11.3 Å². The maximum atomic E-state index is 12.1. The van der Waals surface area contributed by atoms with Crippen LogP contribution < -0.4 is 10.2 Å². The smallest absolute Gasteiger partial charge is 0.407 e. The third-order valence-corrected chi connectivity index (χ3v) is 4.35. The zero-order valence-corrected chi connectivity index (χ0v) is 14.3. The molecule has 7 heteroatoms. The maximum Gasteiger partial charge on any atom is 0.407 e. The van der Waals surface area contributed by atoms with E-state index in [1.165, 1.54) is 11.3 Å². The number of ether oxygens (including phenoxy) is 1. The van der Waals surface area contributed by atoms with Crippen molar-refractivity contribution in [2.75, 3.05) is 11.9 Å². The number of anilines is 1. The Bertz CT molecular complexity index is 519. The lowest BCUT2D eigenvalue weighted by atomic mass is 9.78. The number of thiazole rings is 1. The Morgan fingerprint density at radius 1 is 1.45 bits per heavy atom. The van der Waals surface area contributed by atoms with E-state index in [0.29, 0.717) is 17.5 Å². The summed E-state index contributed by atoms with van der Waals surface area (Å²) in [6, 6.07) is 0.109. The molecule has 122 valence electrons. The molecule has 2 rings (SSSR count). The van der Waals surface area contributed by atoms with Crippen molar-refractivity contribution >= 4 is 28.5 Å². The van der Waals surface area contributed by atoms with Gasteiger partial charge in [-0.3, -0.25) is 9.69 Å². The van der Waals surface area contributed by atoms with Crippen molar-refractivity contribution in [3.8, 4) is 0 Å². The summed E-state index contributed by atoms with van der Waals surface area (Å²) in [7, 11) is 1.75. The highest BCUT2D eigenvalue weighted by atomic mass is 32.1. The number of hydrogen-bond acceptors (Lipinski definition) is 5. The fourth-order valence-electron chi connectivity index (χ4n) is 2.37. The zero-order valence-electron chi connectivity index (χ0n) is 13.5. The van der Waals surface area contributed by atoms with Gasteiger partial charge in [-0.2, -0.15) is 0 Å². The third kappa shape index (κ3) is 4.69. The minimum atomic E-state index is -0.486. The number of carbonyl (C=O) groups is 2. The summed E-state index contributed by atoms with van der Waals surface area (Å²) in [6.07, 6.45) is 3.42. The fraction of sp³-hybridized carbons (Fsp3) is 0.667. The minimum Gasteiger partial charge on any atom is -0.444 e. The van der Waals surface area contributed by atoms with E-state index in [1.54, 1.807) is 18.1 Å². The van der Waals surface area contributed by atoms with Crippen LogP contribution in [0.4, 0.5) is 9.93 Å². The van der Waals surface area contributed by atoms with Crippen LogP contribution in [0.3, 0.4) is 0 Å². The van der Waals surface area contributed by atoms with E-state index in [0.717, 1.165) is 12.8 Å². The average Bonchev–Trinajstić information content (AvgIpc) is 2.86. The second-order valence-electron chi connectivity index (χ2n) is 6.65. The van der Waals surface area contributed by atoms with Crippen molar-refractivity contribution in [3.05, 3.63) is 11.6 Å². The van der Waals surface area contributed by atoms with Crippen LogP contribution in [0.1, 0.15) is 40.0 Å². The molecule has 0 spiro atoms. The summed E-state index contributed by atoms with van der Waals surface area (Å²) in [4.78, 5) is 29.5. The van der Waals surface area contributed by atoms with Gasteiger partial charge in [0.2, 0.25) is 5.91 Å². The van der Waals surface area contributed by atoms with Crippen LogP contribution in [0.25, 0.3) is 0 Å². The highest BCUT2D eigenvalue weighted by molar-refractivity contribution is 7.13. The van der Waals surface area contributed by atoms with Gasteiger partial charge < -0.3 is 10.1 Å². The van der Waals surface area contributed by atoms with Gasteiger partial charge in [0.15, 0.2) is 5.13 Å². The molecule has 1 aliphatic carbocycles. The van der Waals surface area contributed by atoms with Crippen LogP contribution in [-0.4, -0.2) is 35.7 Å². The number of carbonyl (C=O) groups excluding carboxylic acids is 2. The van der Waals surface area contributed by atoms with Crippen molar-refractivity contribution < 1.29 is 14.3 Å². The summed E-state index contributed by atoms with van der Waals surface area (Å²) in [5, 5.41) is 5.40. The van der Waals surface area contributed by atoms with Gasteiger partial charge in [0.05, 0.1) is 0 Å². The molecule has 1 heterocycles. The van der Waals surface area contributed by atoms with E-state index in [4.69, 9.17) is 4.74 Å². The largest absolute Gasteiger partial charge is 0.444 e. The SMILES string of the molecule is CN(C(=O)CC1CC(NC(=O)OC(C)(C)C)C1)c1nccs1. The summed E-state index contributed by atoms with van der Waals surface area (Å²) in [5.41, 5.74) is -0.486. The number of alkyl carbamates (subject to hydrolysis) is 1. The first-order valence-electron chi connectivity index (χ1n) is 7.40.